The molecule has 0 aliphatic carbocycles. The lowest BCUT2D eigenvalue weighted by Crippen LogP contribution is -2.41. The Kier molecular flexibility index (Phi) is 4.46. The maximum absolute atomic E-state index is 11.3. The van der Waals surface area contributed by atoms with E-state index in [0.717, 1.165) is 31.7 Å². The fraction of sp³-hybridized carbons (Fsp3) is 0.875. The average molecular weight is 188 g/mol. The molecule has 0 saturated carbocycles. The minimum atomic E-state index is 0.0758. The second-order valence-electron chi connectivity index (χ2n) is 2.93. The van der Waals surface area contributed by atoms with E-state index in [1.165, 1.54) is 0 Å². The minimum Gasteiger partial charge on any atom is -0.354 e. The van der Waals surface area contributed by atoms with E-state index in [1.54, 1.807) is 11.8 Å². The first-order chi connectivity index (χ1) is 5.84. The zero-order valence-corrected chi connectivity index (χ0v) is 8.25. The quantitative estimate of drug-likeness (QED) is 0.620. The molecule has 0 radical (unpaired) electrons. The lowest BCUT2D eigenvalue weighted by molar-refractivity contribution is -0.122. The van der Waals surface area contributed by atoms with E-state index in [9.17, 15) is 4.79 Å². The van der Waals surface area contributed by atoms with Crippen LogP contribution in [0.4, 0.5) is 0 Å². The van der Waals surface area contributed by atoms with Crippen LogP contribution < -0.4 is 10.6 Å². The van der Waals surface area contributed by atoms with E-state index in [-0.39, 0.29) is 11.9 Å². The van der Waals surface area contributed by atoms with Gasteiger partial charge in [0.05, 0.1) is 6.04 Å². The van der Waals surface area contributed by atoms with E-state index in [4.69, 9.17) is 0 Å². The van der Waals surface area contributed by atoms with Gasteiger partial charge in [-0.2, -0.15) is 11.8 Å². The van der Waals surface area contributed by atoms with Gasteiger partial charge in [-0.25, -0.2) is 0 Å². The van der Waals surface area contributed by atoms with Crippen LogP contribution in [0.1, 0.15) is 12.8 Å². The molecule has 4 heteroatoms. The number of amides is 1. The van der Waals surface area contributed by atoms with Crippen molar-refractivity contribution < 1.29 is 4.79 Å². The topological polar surface area (TPSA) is 41.1 Å². The summed E-state index contributed by atoms with van der Waals surface area (Å²) in [5.41, 5.74) is 0. The van der Waals surface area contributed by atoms with Gasteiger partial charge >= 0.3 is 0 Å². The van der Waals surface area contributed by atoms with E-state index < -0.39 is 0 Å². The van der Waals surface area contributed by atoms with Crippen molar-refractivity contribution in [3.8, 4) is 0 Å². The molecule has 1 saturated heterocycles. The van der Waals surface area contributed by atoms with Gasteiger partial charge in [0.25, 0.3) is 0 Å². The molecule has 1 heterocycles. The molecule has 1 aliphatic heterocycles. The predicted molar refractivity (Wildman–Crippen MR) is 52.4 cm³/mol. The van der Waals surface area contributed by atoms with E-state index in [0.29, 0.717) is 0 Å². The molecular weight excluding hydrogens is 172 g/mol. The number of carbonyl (C=O) groups is 1. The van der Waals surface area contributed by atoms with Crippen LogP contribution in [-0.4, -0.2) is 37.0 Å². The van der Waals surface area contributed by atoms with Crippen molar-refractivity contribution >= 4 is 17.7 Å². The fourth-order valence-electron chi connectivity index (χ4n) is 1.31. The Morgan fingerprint density at radius 2 is 2.58 bits per heavy atom. The molecule has 0 aromatic carbocycles. The summed E-state index contributed by atoms with van der Waals surface area (Å²) in [6.45, 7) is 1.78. The highest BCUT2D eigenvalue weighted by Gasteiger charge is 2.20. The summed E-state index contributed by atoms with van der Waals surface area (Å²) in [4.78, 5) is 11.3. The molecule has 0 spiro atoms. The average Bonchev–Trinajstić information content (AvgIpc) is 2.56. The summed E-state index contributed by atoms with van der Waals surface area (Å²) in [7, 11) is 0. The Morgan fingerprint density at radius 3 is 3.17 bits per heavy atom. The smallest absolute Gasteiger partial charge is 0.237 e. The number of thioether (sulfide) groups is 1. The van der Waals surface area contributed by atoms with Crippen LogP contribution >= 0.6 is 11.8 Å². The molecule has 2 N–H and O–H groups in total. The van der Waals surface area contributed by atoms with Gasteiger partial charge in [-0.15, -0.1) is 0 Å². The number of nitrogens with one attached hydrogen (secondary N) is 2. The van der Waals surface area contributed by atoms with Gasteiger partial charge in [0.2, 0.25) is 5.91 Å². The van der Waals surface area contributed by atoms with Gasteiger partial charge in [-0.1, -0.05) is 0 Å². The zero-order valence-electron chi connectivity index (χ0n) is 7.43. The maximum Gasteiger partial charge on any atom is 0.237 e. The van der Waals surface area contributed by atoms with Crippen LogP contribution in [0, 0.1) is 0 Å². The first-order valence-corrected chi connectivity index (χ1v) is 5.74. The molecule has 1 rings (SSSR count). The molecule has 0 unspecified atom stereocenters. The van der Waals surface area contributed by atoms with E-state index >= 15 is 0 Å². The Balaban J connectivity index is 2.10. The minimum absolute atomic E-state index is 0.0758. The highest BCUT2D eigenvalue weighted by molar-refractivity contribution is 7.98. The normalized spacial score (nSPS) is 22.6. The van der Waals surface area contributed by atoms with Crippen molar-refractivity contribution in [3.05, 3.63) is 0 Å². The van der Waals surface area contributed by atoms with Crippen molar-refractivity contribution in [3.63, 3.8) is 0 Å². The summed E-state index contributed by atoms with van der Waals surface area (Å²) in [5, 5.41) is 6.07. The Morgan fingerprint density at radius 1 is 1.75 bits per heavy atom. The molecular formula is C8H16N2OS. The van der Waals surface area contributed by atoms with E-state index in [2.05, 4.69) is 10.6 Å². The largest absolute Gasteiger partial charge is 0.354 e. The molecule has 0 aromatic heterocycles. The second kappa shape index (κ2) is 5.43. The third-order valence-electron chi connectivity index (χ3n) is 1.98. The van der Waals surface area contributed by atoms with Crippen molar-refractivity contribution in [2.75, 3.05) is 25.1 Å². The van der Waals surface area contributed by atoms with Crippen LogP contribution in [0.5, 0.6) is 0 Å². The summed E-state index contributed by atoms with van der Waals surface area (Å²) >= 11 is 1.75. The van der Waals surface area contributed by atoms with Crippen molar-refractivity contribution in [2.45, 2.75) is 18.9 Å². The van der Waals surface area contributed by atoms with Crippen molar-refractivity contribution in [1.29, 1.82) is 0 Å². The number of hydrogen-bond acceptors (Lipinski definition) is 3. The van der Waals surface area contributed by atoms with Crippen LogP contribution in [0.3, 0.4) is 0 Å². The highest BCUT2D eigenvalue weighted by atomic mass is 32.2. The van der Waals surface area contributed by atoms with Gasteiger partial charge in [-0.05, 0) is 25.6 Å². The lowest BCUT2D eigenvalue weighted by atomic mass is 10.2. The molecule has 0 aromatic rings. The maximum atomic E-state index is 11.3. The summed E-state index contributed by atoms with van der Waals surface area (Å²) in [5.74, 6) is 1.17. The number of hydrogen-bond donors (Lipinski definition) is 2. The third kappa shape index (κ3) is 3.03. The van der Waals surface area contributed by atoms with E-state index in [1.807, 2.05) is 6.26 Å². The number of rotatable bonds is 4. The first kappa shape index (κ1) is 9.86. The molecule has 12 heavy (non-hydrogen) atoms. The lowest BCUT2D eigenvalue weighted by Gasteiger charge is -2.09. The third-order valence-corrected chi connectivity index (χ3v) is 2.59. The van der Waals surface area contributed by atoms with Crippen LogP contribution in [-0.2, 0) is 4.79 Å². The Hall–Kier alpha value is -0.220. The number of carbonyl (C=O) groups excluding carboxylic acids is 1. The molecule has 0 bridgehead atoms. The van der Waals surface area contributed by atoms with Crippen LogP contribution in [0.25, 0.3) is 0 Å². The summed E-state index contributed by atoms with van der Waals surface area (Å²) in [6, 6.07) is 0.0758. The Bertz CT molecular complexity index is 146. The van der Waals surface area contributed by atoms with Gasteiger partial charge in [-0.3, -0.25) is 4.79 Å². The van der Waals surface area contributed by atoms with Crippen LogP contribution in [0.15, 0.2) is 0 Å². The molecule has 1 fully saturated rings. The van der Waals surface area contributed by atoms with Crippen molar-refractivity contribution in [2.24, 2.45) is 0 Å². The fourth-order valence-corrected chi connectivity index (χ4v) is 1.61. The standard InChI is InChI=1S/C8H16N2OS/c1-12-6-5-10-8(11)7-3-2-4-9-7/h7,9H,2-6H2,1H3,(H,10,11)/t7-/m0/s1. The summed E-state index contributed by atoms with van der Waals surface area (Å²) in [6.07, 6.45) is 4.16. The first-order valence-electron chi connectivity index (χ1n) is 4.34. The molecule has 3 nitrogen and oxygen atoms in total. The SMILES string of the molecule is CSCCNC(=O)[C@@H]1CCCN1. The zero-order chi connectivity index (χ0) is 8.81. The molecule has 1 atom stereocenters. The van der Waals surface area contributed by atoms with Gasteiger partial charge in [0.1, 0.15) is 0 Å². The summed E-state index contributed by atoms with van der Waals surface area (Å²) < 4.78 is 0. The van der Waals surface area contributed by atoms with Crippen molar-refractivity contribution in [1.82, 2.24) is 10.6 Å². The monoisotopic (exact) mass is 188 g/mol. The second-order valence-corrected chi connectivity index (χ2v) is 3.92. The highest BCUT2D eigenvalue weighted by Crippen LogP contribution is 2.04. The van der Waals surface area contributed by atoms with Gasteiger partial charge in [0.15, 0.2) is 0 Å². The van der Waals surface area contributed by atoms with Gasteiger partial charge < -0.3 is 10.6 Å². The molecule has 70 valence electrons. The van der Waals surface area contributed by atoms with Crippen LogP contribution in [0.2, 0.25) is 0 Å². The Labute approximate surface area is 77.7 Å². The predicted octanol–water partition coefficient (Wildman–Crippen LogP) is 0.218. The van der Waals surface area contributed by atoms with Gasteiger partial charge in [0, 0.05) is 12.3 Å². The molecule has 1 aliphatic rings. The molecule has 1 amide bonds.